The first-order chi connectivity index (χ1) is 12.7. The molecule has 5 nitrogen and oxygen atoms in total. The van der Waals surface area contributed by atoms with Gasteiger partial charge in [-0.05, 0) is 30.3 Å². The van der Waals surface area contributed by atoms with Crippen LogP contribution in [0.25, 0.3) is 0 Å². The predicted molar refractivity (Wildman–Crippen MR) is 99.7 cm³/mol. The van der Waals surface area contributed by atoms with Crippen LogP contribution in [0.3, 0.4) is 0 Å². The first-order valence-electron chi connectivity index (χ1n) is 8.78. The van der Waals surface area contributed by atoms with Crippen molar-refractivity contribution >= 4 is 11.6 Å². The number of hydrogen-bond acceptors (Lipinski definition) is 5. The van der Waals surface area contributed by atoms with E-state index in [0.717, 1.165) is 0 Å². The number of methoxy groups -OCH3 is 1. The molecule has 0 aliphatic carbocycles. The second-order valence-electron chi connectivity index (χ2n) is 5.41. The lowest BCUT2D eigenvalue weighted by Gasteiger charge is -2.18. The number of para-hydroxylation sites is 1. The van der Waals surface area contributed by atoms with E-state index in [-0.39, 0.29) is 24.4 Å². The fraction of sp³-hybridized carbons (Fsp3) is 0.333. The molecule has 0 saturated heterocycles. The molecule has 0 N–H and O–H groups in total. The van der Waals surface area contributed by atoms with Gasteiger partial charge >= 0.3 is 0 Å². The average molecular weight is 356 g/mol. The Bertz CT molecular complexity index is 767. The highest BCUT2D eigenvalue weighted by atomic mass is 16.6. The van der Waals surface area contributed by atoms with Gasteiger partial charge in [0, 0.05) is 18.4 Å². The van der Waals surface area contributed by atoms with E-state index in [1.165, 1.54) is 7.11 Å². The molecular formula is C21H24O5. The molecule has 2 aromatic rings. The van der Waals surface area contributed by atoms with E-state index in [1.807, 2.05) is 13.8 Å². The van der Waals surface area contributed by atoms with E-state index in [9.17, 15) is 9.59 Å². The van der Waals surface area contributed by atoms with Gasteiger partial charge < -0.3 is 14.2 Å². The van der Waals surface area contributed by atoms with Crippen LogP contribution < -0.4 is 14.2 Å². The van der Waals surface area contributed by atoms with Crippen LogP contribution in [0.4, 0.5) is 0 Å². The van der Waals surface area contributed by atoms with Gasteiger partial charge in [0.2, 0.25) is 0 Å². The minimum Gasteiger partial charge on any atom is -0.496 e. The van der Waals surface area contributed by atoms with Gasteiger partial charge in [0.25, 0.3) is 0 Å². The maximum atomic E-state index is 12.3. The summed E-state index contributed by atoms with van der Waals surface area (Å²) in [7, 11) is 1.52. The van der Waals surface area contributed by atoms with Crippen LogP contribution in [-0.4, -0.2) is 31.9 Å². The van der Waals surface area contributed by atoms with Gasteiger partial charge in [0.15, 0.2) is 23.1 Å². The zero-order valence-electron chi connectivity index (χ0n) is 15.4. The molecule has 0 bridgehead atoms. The van der Waals surface area contributed by atoms with Crippen molar-refractivity contribution in [3.05, 3.63) is 53.6 Å². The number of ether oxygens (including phenoxy) is 3. The third-order valence-corrected chi connectivity index (χ3v) is 3.85. The monoisotopic (exact) mass is 356 g/mol. The normalized spacial score (nSPS) is 11.8. The highest BCUT2D eigenvalue weighted by Crippen LogP contribution is 2.31. The highest BCUT2D eigenvalue weighted by molar-refractivity contribution is 6.03. The molecule has 0 aromatic heterocycles. The van der Waals surface area contributed by atoms with E-state index in [2.05, 4.69) is 0 Å². The largest absolute Gasteiger partial charge is 0.496 e. The van der Waals surface area contributed by atoms with E-state index in [1.54, 1.807) is 42.5 Å². The Hall–Kier alpha value is -2.82. The number of Topliss-reactive ketones (excluding diaryl/α,β-unsaturated/α-hetero) is 2. The summed E-state index contributed by atoms with van der Waals surface area (Å²) >= 11 is 0. The van der Waals surface area contributed by atoms with Crippen LogP contribution in [0, 0.1) is 0 Å². The summed E-state index contributed by atoms with van der Waals surface area (Å²) in [5.74, 6) is 1.52. The van der Waals surface area contributed by atoms with E-state index in [0.29, 0.717) is 41.6 Å². The maximum absolute atomic E-state index is 12.3. The van der Waals surface area contributed by atoms with Crippen LogP contribution in [-0.2, 0) is 0 Å². The summed E-state index contributed by atoms with van der Waals surface area (Å²) in [6.07, 6.45) is 0.268. The van der Waals surface area contributed by atoms with Crippen LogP contribution >= 0.6 is 0 Å². The molecule has 5 heteroatoms. The van der Waals surface area contributed by atoms with Crippen molar-refractivity contribution in [3.63, 3.8) is 0 Å². The van der Waals surface area contributed by atoms with E-state index < -0.39 is 0 Å². The van der Waals surface area contributed by atoms with Crippen LogP contribution in [0.2, 0.25) is 0 Å². The second kappa shape index (κ2) is 9.61. The third-order valence-electron chi connectivity index (χ3n) is 3.85. The Morgan fingerprint density at radius 1 is 0.923 bits per heavy atom. The maximum Gasteiger partial charge on any atom is 0.167 e. The number of ketones is 2. The second-order valence-corrected chi connectivity index (χ2v) is 5.41. The number of hydrogen-bond donors (Lipinski definition) is 0. The summed E-state index contributed by atoms with van der Waals surface area (Å²) in [5.41, 5.74) is 1.02. The molecule has 0 unspecified atom stereocenters. The molecule has 0 atom stereocenters. The van der Waals surface area contributed by atoms with Crippen LogP contribution in [0.1, 0.15) is 47.4 Å². The van der Waals surface area contributed by atoms with Crippen molar-refractivity contribution in [3.8, 4) is 17.2 Å². The van der Waals surface area contributed by atoms with Crippen molar-refractivity contribution < 1.29 is 23.8 Å². The van der Waals surface area contributed by atoms with E-state index in [4.69, 9.17) is 14.2 Å². The Labute approximate surface area is 153 Å². The smallest absolute Gasteiger partial charge is 0.167 e. The molecular weight excluding hydrogens is 332 g/mol. The Morgan fingerprint density at radius 3 is 2.31 bits per heavy atom. The number of benzene rings is 2. The number of carbonyl (C=O) groups excluding carboxylic acids is 2. The molecule has 1 aliphatic rings. The zero-order valence-corrected chi connectivity index (χ0v) is 15.4. The number of carbonyl (C=O) groups is 2. The lowest BCUT2D eigenvalue weighted by atomic mass is 10.0. The third kappa shape index (κ3) is 4.63. The quantitative estimate of drug-likeness (QED) is 0.721. The van der Waals surface area contributed by atoms with Crippen molar-refractivity contribution in [2.75, 3.05) is 20.3 Å². The standard InChI is InChI=1S/C19H18O5.C2H6/c1-22-17-5-3-2-4-14(17)16(21)8-7-15(20)13-6-9-18-19(12-13)24-11-10-23-18;1-2/h2-6,9,12H,7-8,10-11H2,1H3;1-2H3. The minimum atomic E-state index is -0.113. The fourth-order valence-corrected chi connectivity index (χ4v) is 2.60. The van der Waals surface area contributed by atoms with Gasteiger partial charge in [0.1, 0.15) is 19.0 Å². The predicted octanol–water partition coefficient (Wildman–Crippen LogP) is 4.34. The van der Waals surface area contributed by atoms with Crippen LogP contribution in [0.15, 0.2) is 42.5 Å². The number of fused-ring (bicyclic) bond motifs is 1. The molecule has 1 aliphatic heterocycles. The molecule has 0 amide bonds. The first kappa shape index (κ1) is 19.5. The van der Waals surface area contributed by atoms with Gasteiger partial charge in [-0.25, -0.2) is 0 Å². The van der Waals surface area contributed by atoms with Crippen molar-refractivity contribution in [2.45, 2.75) is 26.7 Å². The molecule has 0 radical (unpaired) electrons. The van der Waals surface area contributed by atoms with Crippen molar-refractivity contribution in [1.29, 1.82) is 0 Å². The summed E-state index contributed by atoms with van der Waals surface area (Å²) in [4.78, 5) is 24.7. The van der Waals surface area contributed by atoms with Crippen LogP contribution in [0.5, 0.6) is 17.2 Å². The Balaban J connectivity index is 0.00000117. The summed E-state index contributed by atoms with van der Waals surface area (Å²) in [6, 6.07) is 12.1. The summed E-state index contributed by atoms with van der Waals surface area (Å²) < 4.78 is 16.1. The molecule has 0 spiro atoms. The van der Waals surface area contributed by atoms with E-state index >= 15 is 0 Å². The fourth-order valence-electron chi connectivity index (χ4n) is 2.60. The topological polar surface area (TPSA) is 61.8 Å². The molecule has 138 valence electrons. The molecule has 2 aromatic carbocycles. The van der Waals surface area contributed by atoms with Gasteiger partial charge in [-0.1, -0.05) is 26.0 Å². The molecule has 0 fully saturated rings. The highest BCUT2D eigenvalue weighted by Gasteiger charge is 2.17. The van der Waals surface area contributed by atoms with Crippen molar-refractivity contribution in [1.82, 2.24) is 0 Å². The lowest BCUT2D eigenvalue weighted by molar-refractivity contribution is 0.0915. The zero-order chi connectivity index (χ0) is 18.9. The minimum absolute atomic E-state index is 0.102. The SMILES string of the molecule is CC.COc1ccccc1C(=O)CCC(=O)c1ccc2c(c1)OCCO2. The number of rotatable bonds is 6. The summed E-state index contributed by atoms with van der Waals surface area (Å²) in [5, 5.41) is 0. The lowest BCUT2D eigenvalue weighted by Crippen LogP contribution is -2.16. The summed E-state index contributed by atoms with van der Waals surface area (Å²) in [6.45, 7) is 4.98. The Kier molecular flexibility index (Phi) is 7.21. The average Bonchev–Trinajstić information content (AvgIpc) is 2.72. The molecule has 26 heavy (non-hydrogen) atoms. The molecule has 0 saturated carbocycles. The molecule has 1 heterocycles. The van der Waals surface area contributed by atoms with Crippen molar-refractivity contribution in [2.24, 2.45) is 0 Å². The molecule has 3 rings (SSSR count). The van der Waals surface area contributed by atoms with Gasteiger partial charge in [0.05, 0.1) is 12.7 Å². The van der Waals surface area contributed by atoms with Gasteiger partial charge in [-0.3, -0.25) is 9.59 Å². The first-order valence-corrected chi connectivity index (χ1v) is 8.78. The van der Waals surface area contributed by atoms with Gasteiger partial charge in [-0.15, -0.1) is 0 Å². The Morgan fingerprint density at radius 2 is 1.58 bits per heavy atom. The van der Waals surface area contributed by atoms with Gasteiger partial charge in [-0.2, -0.15) is 0 Å².